The number of guanidine groups is 1. The van der Waals surface area contributed by atoms with Gasteiger partial charge in [-0.2, -0.15) is 0 Å². The Bertz CT molecular complexity index is 674. The van der Waals surface area contributed by atoms with E-state index < -0.39 is 0 Å². The molecule has 3 aliphatic heterocycles. The second-order valence-corrected chi connectivity index (χ2v) is 9.59. The summed E-state index contributed by atoms with van der Waals surface area (Å²) in [5.74, 6) is 1.75. The van der Waals surface area contributed by atoms with Gasteiger partial charge in [0.05, 0.1) is 6.54 Å². The predicted octanol–water partition coefficient (Wildman–Crippen LogP) is 3.39. The highest BCUT2D eigenvalue weighted by atomic mass is 15.3. The van der Waals surface area contributed by atoms with Crippen molar-refractivity contribution in [3.8, 4) is 0 Å². The topological polar surface area (TPSA) is 34.1 Å². The lowest BCUT2D eigenvalue weighted by molar-refractivity contribution is 0.0207. The molecule has 0 amide bonds. The van der Waals surface area contributed by atoms with Crippen molar-refractivity contribution in [2.24, 2.45) is 4.99 Å². The summed E-state index contributed by atoms with van der Waals surface area (Å²) in [5.41, 5.74) is 1.72. The van der Waals surface area contributed by atoms with E-state index >= 15 is 0 Å². The van der Waals surface area contributed by atoms with Crippen molar-refractivity contribution in [1.82, 2.24) is 20.0 Å². The highest BCUT2D eigenvalue weighted by Crippen LogP contribution is 2.32. The lowest BCUT2D eigenvalue weighted by Gasteiger charge is -2.49. The maximum Gasteiger partial charge on any atom is 0.194 e. The van der Waals surface area contributed by atoms with Crippen LogP contribution in [0.2, 0.25) is 0 Å². The molecule has 3 aliphatic rings. The van der Waals surface area contributed by atoms with Crippen molar-refractivity contribution in [2.45, 2.75) is 56.9 Å². The summed E-state index contributed by atoms with van der Waals surface area (Å²) in [6, 6.07) is 11.0. The number of aliphatic imine (C=N–C) groups is 1. The Morgan fingerprint density at radius 2 is 1.77 bits per heavy atom. The van der Waals surface area contributed by atoms with Crippen LogP contribution in [0.25, 0.3) is 0 Å². The lowest BCUT2D eigenvalue weighted by Crippen LogP contribution is -2.58. The van der Waals surface area contributed by atoms with Crippen LogP contribution >= 0.6 is 0 Å². The number of likely N-dealkylation sites (tertiary alicyclic amines) is 3. The van der Waals surface area contributed by atoms with Gasteiger partial charge in [-0.1, -0.05) is 36.8 Å². The van der Waals surface area contributed by atoms with Gasteiger partial charge in [0.15, 0.2) is 5.96 Å². The van der Waals surface area contributed by atoms with Gasteiger partial charge in [-0.25, -0.2) is 0 Å². The first-order valence-corrected chi connectivity index (χ1v) is 12.2. The molecule has 0 radical (unpaired) electrons. The highest BCUT2D eigenvalue weighted by Gasteiger charge is 2.40. The van der Waals surface area contributed by atoms with Crippen molar-refractivity contribution in [2.75, 3.05) is 59.4 Å². The molecule has 0 saturated carbocycles. The number of benzene rings is 1. The Labute approximate surface area is 183 Å². The third kappa shape index (κ3) is 5.00. The molecule has 1 N–H and O–H groups in total. The van der Waals surface area contributed by atoms with Gasteiger partial charge in [0.25, 0.3) is 0 Å². The fraction of sp³-hybridized carbons (Fsp3) is 0.720. The van der Waals surface area contributed by atoms with Gasteiger partial charge in [-0.05, 0) is 77.8 Å². The normalized spacial score (nSPS) is 26.1. The summed E-state index contributed by atoms with van der Waals surface area (Å²) in [7, 11) is 2.27. The summed E-state index contributed by atoms with van der Waals surface area (Å²) < 4.78 is 0. The minimum Gasteiger partial charge on any atom is -0.357 e. The zero-order valence-electron chi connectivity index (χ0n) is 19.2. The van der Waals surface area contributed by atoms with Crippen LogP contribution in [0.4, 0.5) is 0 Å². The average Bonchev–Trinajstić information content (AvgIpc) is 3.29. The number of nitrogens with one attached hydrogen (secondary N) is 1. The molecule has 1 aromatic carbocycles. The van der Waals surface area contributed by atoms with Crippen LogP contribution in [-0.2, 0) is 0 Å². The third-order valence-electron chi connectivity index (χ3n) is 7.56. The molecular weight excluding hydrogens is 370 g/mol. The Morgan fingerprint density at radius 3 is 2.47 bits per heavy atom. The van der Waals surface area contributed by atoms with Crippen LogP contribution in [-0.4, -0.2) is 85.6 Å². The average molecular weight is 412 g/mol. The molecule has 1 unspecified atom stereocenters. The minimum absolute atomic E-state index is 0.256. The number of rotatable bonds is 5. The van der Waals surface area contributed by atoms with Gasteiger partial charge in [-0.15, -0.1) is 0 Å². The SMILES string of the molecule is CCNC(=NCC1(N2CCCCC2)CCN(C)CC1)N1CCC(c2ccccc2)C1. The van der Waals surface area contributed by atoms with Crippen molar-refractivity contribution < 1.29 is 0 Å². The summed E-state index contributed by atoms with van der Waals surface area (Å²) >= 11 is 0. The summed E-state index contributed by atoms with van der Waals surface area (Å²) in [4.78, 5) is 13.1. The molecule has 3 fully saturated rings. The van der Waals surface area contributed by atoms with E-state index in [0.717, 1.165) is 32.1 Å². The first-order chi connectivity index (χ1) is 14.7. The Hall–Kier alpha value is -1.59. The molecule has 0 aromatic heterocycles. The minimum atomic E-state index is 0.256. The number of hydrogen-bond donors (Lipinski definition) is 1. The molecular formula is C25H41N5. The van der Waals surface area contributed by atoms with Crippen LogP contribution in [0.15, 0.2) is 35.3 Å². The first kappa shape index (κ1) is 21.6. The maximum atomic E-state index is 5.29. The summed E-state index contributed by atoms with van der Waals surface area (Å²) in [5, 5.41) is 3.61. The van der Waals surface area contributed by atoms with E-state index in [1.165, 1.54) is 70.3 Å². The van der Waals surface area contributed by atoms with Crippen molar-refractivity contribution in [3.05, 3.63) is 35.9 Å². The molecule has 1 aromatic rings. The van der Waals surface area contributed by atoms with Gasteiger partial charge < -0.3 is 15.1 Å². The first-order valence-electron chi connectivity index (χ1n) is 12.2. The number of nitrogens with zero attached hydrogens (tertiary/aromatic N) is 4. The van der Waals surface area contributed by atoms with Gasteiger partial charge in [0.1, 0.15) is 0 Å². The van der Waals surface area contributed by atoms with Crippen LogP contribution in [0.3, 0.4) is 0 Å². The van der Waals surface area contributed by atoms with Crippen LogP contribution in [0.5, 0.6) is 0 Å². The van der Waals surface area contributed by atoms with Gasteiger partial charge in [-0.3, -0.25) is 9.89 Å². The molecule has 30 heavy (non-hydrogen) atoms. The zero-order valence-corrected chi connectivity index (χ0v) is 19.2. The highest BCUT2D eigenvalue weighted by molar-refractivity contribution is 5.80. The lowest BCUT2D eigenvalue weighted by atomic mass is 9.84. The van der Waals surface area contributed by atoms with E-state index in [2.05, 4.69) is 64.3 Å². The van der Waals surface area contributed by atoms with Gasteiger partial charge in [0, 0.05) is 31.1 Å². The van der Waals surface area contributed by atoms with E-state index in [9.17, 15) is 0 Å². The van der Waals surface area contributed by atoms with E-state index in [1.54, 1.807) is 0 Å². The molecule has 4 rings (SSSR count). The number of hydrogen-bond acceptors (Lipinski definition) is 3. The Balaban J connectivity index is 1.47. The van der Waals surface area contributed by atoms with E-state index in [1.807, 2.05) is 0 Å². The summed E-state index contributed by atoms with van der Waals surface area (Å²) in [6.07, 6.45) is 7.82. The molecule has 0 bridgehead atoms. The third-order valence-corrected chi connectivity index (χ3v) is 7.56. The van der Waals surface area contributed by atoms with Crippen LogP contribution in [0, 0.1) is 0 Å². The second kappa shape index (κ2) is 10.1. The predicted molar refractivity (Wildman–Crippen MR) is 126 cm³/mol. The molecule has 0 aliphatic carbocycles. The molecule has 0 spiro atoms. The molecule has 5 heteroatoms. The Kier molecular flexibility index (Phi) is 7.32. The smallest absolute Gasteiger partial charge is 0.194 e. The largest absolute Gasteiger partial charge is 0.357 e. The standard InChI is InChI=1S/C25H41N5/c1-3-26-24(29-17-12-23(20-29)22-10-6-4-7-11-22)27-21-25(13-18-28(2)19-14-25)30-15-8-5-9-16-30/h4,6-7,10-11,23H,3,5,8-9,12-21H2,1-2H3,(H,26,27). The number of piperidine rings is 2. The van der Waals surface area contributed by atoms with Crippen LogP contribution < -0.4 is 5.32 Å². The zero-order chi connectivity index (χ0) is 20.8. The fourth-order valence-corrected chi connectivity index (χ4v) is 5.58. The Morgan fingerprint density at radius 1 is 1.03 bits per heavy atom. The van der Waals surface area contributed by atoms with Gasteiger partial charge >= 0.3 is 0 Å². The van der Waals surface area contributed by atoms with Crippen LogP contribution in [0.1, 0.15) is 56.9 Å². The molecule has 1 atom stereocenters. The van der Waals surface area contributed by atoms with E-state index in [-0.39, 0.29) is 5.54 Å². The molecule has 3 heterocycles. The monoisotopic (exact) mass is 411 g/mol. The van der Waals surface area contributed by atoms with Crippen molar-refractivity contribution >= 4 is 5.96 Å². The fourth-order valence-electron chi connectivity index (χ4n) is 5.58. The molecule has 3 saturated heterocycles. The van der Waals surface area contributed by atoms with Crippen molar-refractivity contribution in [3.63, 3.8) is 0 Å². The van der Waals surface area contributed by atoms with E-state index in [4.69, 9.17) is 4.99 Å². The molecule has 166 valence electrons. The van der Waals surface area contributed by atoms with Gasteiger partial charge in [0.2, 0.25) is 0 Å². The van der Waals surface area contributed by atoms with E-state index in [0.29, 0.717) is 5.92 Å². The maximum absolute atomic E-state index is 5.29. The quantitative estimate of drug-likeness (QED) is 0.595. The second-order valence-electron chi connectivity index (χ2n) is 9.59. The van der Waals surface area contributed by atoms with Crippen molar-refractivity contribution in [1.29, 1.82) is 0 Å². The summed E-state index contributed by atoms with van der Waals surface area (Å²) in [6.45, 7) is 11.2. The molecule has 5 nitrogen and oxygen atoms in total.